The summed E-state index contributed by atoms with van der Waals surface area (Å²) in [6, 6.07) is 15.0. The number of para-hydroxylation sites is 1. The van der Waals surface area contributed by atoms with Crippen molar-refractivity contribution in [1.82, 2.24) is 10.2 Å². The van der Waals surface area contributed by atoms with Crippen LogP contribution in [0.5, 0.6) is 0 Å². The molecule has 0 amide bonds. The van der Waals surface area contributed by atoms with Gasteiger partial charge in [-0.25, -0.2) is 4.99 Å². The van der Waals surface area contributed by atoms with E-state index in [4.69, 9.17) is 16.6 Å². The molecule has 2 N–H and O–H groups in total. The Balaban J connectivity index is 1.88. The predicted molar refractivity (Wildman–Crippen MR) is 101 cm³/mol. The van der Waals surface area contributed by atoms with E-state index in [0.717, 1.165) is 41.6 Å². The Hall–Kier alpha value is -2.04. The minimum Gasteiger partial charge on any atom is -0.353 e. The molecular weight excluding hydrogens is 320 g/mol. The molecule has 0 bridgehead atoms. The third-order valence-corrected chi connectivity index (χ3v) is 4.89. The van der Waals surface area contributed by atoms with E-state index >= 15 is 0 Å². The van der Waals surface area contributed by atoms with Crippen molar-refractivity contribution in [1.29, 1.82) is 0 Å². The molecule has 0 spiro atoms. The van der Waals surface area contributed by atoms with Crippen molar-refractivity contribution in [2.24, 2.45) is 4.99 Å². The van der Waals surface area contributed by atoms with Crippen LogP contribution in [-0.2, 0) is 0 Å². The van der Waals surface area contributed by atoms with Crippen molar-refractivity contribution in [3.63, 3.8) is 0 Å². The summed E-state index contributed by atoms with van der Waals surface area (Å²) < 4.78 is 0. The smallest absolute Gasteiger partial charge is 0.139 e. The molecule has 2 aliphatic rings. The fourth-order valence-corrected chi connectivity index (χ4v) is 3.51. The van der Waals surface area contributed by atoms with E-state index in [1.807, 2.05) is 24.3 Å². The Morgan fingerprint density at radius 2 is 1.96 bits per heavy atom. The molecule has 2 aromatic rings. The molecule has 0 aromatic heterocycles. The van der Waals surface area contributed by atoms with Crippen LogP contribution in [0.15, 0.2) is 47.5 Å². The van der Waals surface area contributed by atoms with E-state index < -0.39 is 0 Å². The van der Waals surface area contributed by atoms with Crippen molar-refractivity contribution >= 4 is 34.5 Å². The normalized spacial score (nSPS) is 22.8. The van der Waals surface area contributed by atoms with Gasteiger partial charge in [0.25, 0.3) is 0 Å². The maximum absolute atomic E-state index is 6.21. The molecule has 4 nitrogen and oxygen atoms in total. The van der Waals surface area contributed by atoms with Gasteiger partial charge in [-0.15, -0.1) is 0 Å². The zero-order chi connectivity index (χ0) is 16.7. The molecule has 0 saturated carbocycles. The van der Waals surface area contributed by atoms with Gasteiger partial charge in [-0.2, -0.15) is 0 Å². The zero-order valence-electron chi connectivity index (χ0n) is 13.9. The van der Waals surface area contributed by atoms with Gasteiger partial charge in [-0.1, -0.05) is 23.7 Å². The Kier molecular flexibility index (Phi) is 3.94. The summed E-state index contributed by atoms with van der Waals surface area (Å²) in [5, 5.41) is 7.75. The lowest BCUT2D eigenvalue weighted by atomic mass is 10.1. The molecule has 24 heavy (non-hydrogen) atoms. The Morgan fingerprint density at radius 1 is 1.12 bits per heavy atom. The highest BCUT2D eigenvalue weighted by Crippen LogP contribution is 2.36. The monoisotopic (exact) mass is 340 g/mol. The van der Waals surface area contributed by atoms with Gasteiger partial charge in [0.1, 0.15) is 5.84 Å². The van der Waals surface area contributed by atoms with E-state index in [9.17, 15) is 0 Å². The van der Waals surface area contributed by atoms with Crippen molar-refractivity contribution in [2.75, 3.05) is 18.4 Å². The minimum absolute atomic E-state index is 0.383. The number of nitrogens with zero attached hydrogens (tertiary/aromatic N) is 2. The van der Waals surface area contributed by atoms with Gasteiger partial charge in [0.05, 0.1) is 11.4 Å². The summed E-state index contributed by atoms with van der Waals surface area (Å²) >= 11 is 6.21. The maximum Gasteiger partial charge on any atom is 0.139 e. The summed E-state index contributed by atoms with van der Waals surface area (Å²) in [6.07, 6.45) is 0. The van der Waals surface area contributed by atoms with Crippen LogP contribution >= 0.6 is 11.6 Å². The fourth-order valence-electron chi connectivity index (χ4n) is 3.35. The van der Waals surface area contributed by atoms with Crippen LogP contribution in [0.1, 0.15) is 19.4 Å². The summed E-state index contributed by atoms with van der Waals surface area (Å²) in [4.78, 5) is 7.42. The van der Waals surface area contributed by atoms with Crippen molar-refractivity contribution in [2.45, 2.75) is 25.9 Å². The van der Waals surface area contributed by atoms with Crippen molar-refractivity contribution < 1.29 is 0 Å². The number of nitrogens with one attached hydrogen (secondary N) is 2. The summed E-state index contributed by atoms with van der Waals surface area (Å²) in [6.45, 7) is 6.34. The van der Waals surface area contributed by atoms with Crippen LogP contribution in [0.2, 0.25) is 5.02 Å². The lowest BCUT2D eigenvalue weighted by Crippen LogP contribution is -2.56. The summed E-state index contributed by atoms with van der Waals surface area (Å²) in [5.74, 6) is 1.01. The summed E-state index contributed by atoms with van der Waals surface area (Å²) in [7, 11) is 0. The molecule has 0 radical (unpaired) electrons. The number of rotatable bonds is 0. The second-order valence-corrected chi connectivity index (χ2v) is 7.01. The SMILES string of the molecule is CC1CN(C2=Nc3cc(Cl)ccc3Nc3ccccc32)C(C)CN1. The van der Waals surface area contributed by atoms with Crippen LogP contribution < -0.4 is 10.6 Å². The average Bonchev–Trinajstić information content (AvgIpc) is 2.73. The van der Waals surface area contributed by atoms with Gasteiger partial charge in [0.2, 0.25) is 0 Å². The second-order valence-electron chi connectivity index (χ2n) is 6.58. The van der Waals surface area contributed by atoms with E-state index in [0.29, 0.717) is 17.1 Å². The molecule has 2 unspecified atom stereocenters. The highest BCUT2D eigenvalue weighted by molar-refractivity contribution is 6.31. The summed E-state index contributed by atoms with van der Waals surface area (Å²) in [5.41, 5.74) is 4.08. The maximum atomic E-state index is 6.21. The number of benzene rings is 2. The van der Waals surface area contributed by atoms with Crippen LogP contribution in [0.4, 0.5) is 17.1 Å². The molecule has 2 atom stereocenters. The molecular formula is C19H21ClN4. The van der Waals surface area contributed by atoms with E-state index in [1.165, 1.54) is 0 Å². The van der Waals surface area contributed by atoms with Gasteiger partial charge in [0.15, 0.2) is 0 Å². The molecule has 2 heterocycles. The molecule has 2 aliphatic heterocycles. The predicted octanol–water partition coefficient (Wildman–Crippen LogP) is 4.16. The molecule has 4 rings (SSSR count). The van der Waals surface area contributed by atoms with Gasteiger partial charge in [-0.05, 0) is 44.2 Å². The lowest BCUT2D eigenvalue weighted by Gasteiger charge is -2.39. The first kappa shape index (κ1) is 15.5. The van der Waals surface area contributed by atoms with Gasteiger partial charge in [-0.3, -0.25) is 0 Å². The third-order valence-electron chi connectivity index (χ3n) is 4.66. The number of halogens is 1. The Morgan fingerprint density at radius 3 is 2.83 bits per heavy atom. The van der Waals surface area contributed by atoms with Crippen LogP contribution in [0, 0.1) is 0 Å². The highest BCUT2D eigenvalue weighted by Gasteiger charge is 2.28. The third kappa shape index (κ3) is 2.76. The quantitative estimate of drug-likeness (QED) is 0.756. The number of anilines is 2. The Labute approximate surface area is 147 Å². The fraction of sp³-hybridized carbons (Fsp3) is 0.316. The van der Waals surface area contributed by atoms with E-state index in [-0.39, 0.29) is 0 Å². The minimum atomic E-state index is 0.383. The highest BCUT2D eigenvalue weighted by atomic mass is 35.5. The van der Waals surface area contributed by atoms with Crippen LogP contribution in [0.3, 0.4) is 0 Å². The first-order valence-electron chi connectivity index (χ1n) is 8.36. The first-order chi connectivity index (χ1) is 11.6. The molecule has 5 heteroatoms. The number of hydrogen-bond donors (Lipinski definition) is 2. The van der Waals surface area contributed by atoms with E-state index in [1.54, 1.807) is 0 Å². The largest absolute Gasteiger partial charge is 0.353 e. The number of hydrogen-bond acceptors (Lipinski definition) is 4. The standard InChI is InChI=1S/C19H21ClN4/c1-12-11-24(13(2)10-21-12)19-15-5-3-4-6-16(15)22-17-8-7-14(20)9-18(17)23-19/h3-9,12-13,21-22H,10-11H2,1-2H3. The number of amidine groups is 1. The molecule has 1 saturated heterocycles. The number of fused-ring (bicyclic) bond motifs is 2. The van der Waals surface area contributed by atoms with Crippen molar-refractivity contribution in [3.8, 4) is 0 Å². The molecule has 0 aliphatic carbocycles. The topological polar surface area (TPSA) is 39.7 Å². The molecule has 124 valence electrons. The van der Waals surface area contributed by atoms with Gasteiger partial charge < -0.3 is 15.5 Å². The van der Waals surface area contributed by atoms with E-state index in [2.05, 4.69) is 47.6 Å². The van der Waals surface area contributed by atoms with Crippen molar-refractivity contribution in [3.05, 3.63) is 53.1 Å². The number of piperazine rings is 1. The molecule has 1 fully saturated rings. The average molecular weight is 341 g/mol. The van der Waals surface area contributed by atoms with Crippen LogP contribution in [0.25, 0.3) is 0 Å². The lowest BCUT2D eigenvalue weighted by molar-refractivity contribution is 0.235. The Bertz CT molecular complexity index is 802. The molecule has 2 aromatic carbocycles. The second kappa shape index (κ2) is 6.11. The van der Waals surface area contributed by atoms with Gasteiger partial charge >= 0.3 is 0 Å². The first-order valence-corrected chi connectivity index (χ1v) is 8.74. The number of aliphatic imine (C=N–C) groups is 1. The zero-order valence-corrected chi connectivity index (χ0v) is 14.6. The van der Waals surface area contributed by atoms with Crippen LogP contribution in [-0.4, -0.2) is 35.9 Å². The van der Waals surface area contributed by atoms with Gasteiger partial charge in [0, 0.05) is 41.4 Å².